The number of hydrogen-bond acceptors (Lipinski definition) is 4. The summed E-state index contributed by atoms with van der Waals surface area (Å²) in [6.07, 6.45) is 13.1. The number of nitrogens with one attached hydrogen (secondary N) is 1. The summed E-state index contributed by atoms with van der Waals surface area (Å²) >= 11 is 0. The molecule has 0 fully saturated rings. The second kappa shape index (κ2) is 15.4. The first-order valence-electron chi connectivity index (χ1n) is 9.75. The molecule has 0 aromatic rings. The maximum atomic E-state index is 9.34. The molecule has 0 atom stereocenters. The van der Waals surface area contributed by atoms with Crippen LogP contribution in [0.1, 0.15) is 91.4 Å². The number of unbranched alkanes of at least 4 members (excludes halogenated alkanes) is 7. The van der Waals surface area contributed by atoms with E-state index in [1.165, 1.54) is 51.4 Å². The molecule has 0 aromatic carbocycles. The lowest BCUT2D eigenvalue weighted by atomic mass is 10.0. The predicted molar refractivity (Wildman–Crippen MR) is 97.3 cm³/mol. The van der Waals surface area contributed by atoms with Gasteiger partial charge in [0, 0.05) is 26.2 Å². The van der Waals surface area contributed by atoms with Crippen molar-refractivity contribution < 1.29 is 14.9 Å². The maximum Gasteiger partial charge on any atom is 0.222 e. The van der Waals surface area contributed by atoms with Crippen molar-refractivity contribution >= 4 is 0 Å². The van der Waals surface area contributed by atoms with Gasteiger partial charge in [-0.25, -0.2) is 0 Å². The van der Waals surface area contributed by atoms with Gasteiger partial charge in [-0.05, 0) is 18.8 Å². The summed E-state index contributed by atoms with van der Waals surface area (Å²) in [5, 5.41) is 21.4. The Morgan fingerprint density at radius 1 is 0.826 bits per heavy atom. The summed E-state index contributed by atoms with van der Waals surface area (Å²) in [6, 6.07) is 0. The number of aliphatic hydroxyl groups is 2. The first-order chi connectivity index (χ1) is 11.0. The van der Waals surface area contributed by atoms with Crippen molar-refractivity contribution in [3.8, 4) is 0 Å². The quantitative estimate of drug-likeness (QED) is 0.276. The average molecular weight is 332 g/mol. The van der Waals surface area contributed by atoms with Crippen LogP contribution >= 0.6 is 0 Å². The van der Waals surface area contributed by atoms with Gasteiger partial charge < -0.3 is 14.9 Å². The zero-order valence-corrected chi connectivity index (χ0v) is 15.8. The molecule has 3 N–H and O–H groups in total. The fourth-order valence-electron chi connectivity index (χ4n) is 2.51. The fourth-order valence-corrected chi connectivity index (χ4v) is 2.51. The molecule has 0 heterocycles. The van der Waals surface area contributed by atoms with Crippen LogP contribution in [0.25, 0.3) is 0 Å². The van der Waals surface area contributed by atoms with Crippen LogP contribution in [0.3, 0.4) is 0 Å². The molecule has 0 saturated heterocycles. The summed E-state index contributed by atoms with van der Waals surface area (Å²) < 4.78 is 5.56. The molecule has 0 spiro atoms. The molecule has 0 bridgehead atoms. The average Bonchev–Trinajstić information content (AvgIpc) is 2.50. The monoisotopic (exact) mass is 331 g/mol. The zero-order chi connectivity index (χ0) is 17.4. The lowest BCUT2D eigenvalue weighted by Crippen LogP contribution is -2.44. The Morgan fingerprint density at radius 3 is 1.91 bits per heavy atom. The largest absolute Gasteiger partial charge is 0.381 e. The lowest BCUT2D eigenvalue weighted by molar-refractivity contribution is -0.186. The molecule has 23 heavy (non-hydrogen) atoms. The smallest absolute Gasteiger partial charge is 0.222 e. The van der Waals surface area contributed by atoms with Crippen molar-refractivity contribution in [3.05, 3.63) is 0 Å². The lowest BCUT2D eigenvalue weighted by Gasteiger charge is -2.20. The van der Waals surface area contributed by atoms with Crippen molar-refractivity contribution in [2.75, 3.05) is 19.8 Å². The molecule has 4 nitrogen and oxygen atoms in total. The van der Waals surface area contributed by atoms with E-state index in [1.54, 1.807) is 6.92 Å². The van der Waals surface area contributed by atoms with E-state index in [0.29, 0.717) is 13.2 Å². The molecule has 0 amide bonds. The minimum atomic E-state index is -1.73. The molecule has 0 aliphatic heterocycles. The minimum Gasteiger partial charge on any atom is -0.381 e. The third-order valence-corrected chi connectivity index (χ3v) is 4.19. The van der Waals surface area contributed by atoms with Crippen molar-refractivity contribution in [2.24, 2.45) is 5.92 Å². The predicted octanol–water partition coefficient (Wildman–Crippen LogP) is 4.20. The molecule has 0 aliphatic rings. The van der Waals surface area contributed by atoms with Crippen LogP contribution < -0.4 is 5.32 Å². The molecule has 0 rings (SSSR count). The standard InChI is InChI=1S/C19H41NO3/c1-4-19(21,22)20-15-13-17-23-16-12-10-8-6-5-7-9-11-14-18(2)3/h18,20-22H,4-17H2,1-3H3. The summed E-state index contributed by atoms with van der Waals surface area (Å²) in [7, 11) is 0. The van der Waals surface area contributed by atoms with E-state index in [9.17, 15) is 10.2 Å². The highest BCUT2D eigenvalue weighted by Crippen LogP contribution is 2.12. The topological polar surface area (TPSA) is 61.7 Å². The van der Waals surface area contributed by atoms with Crippen LogP contribution in [-0.2, 0) is 4.74 Å². The number of rotatable bonds is 17. The molecule has 140 valence electrons. The Kier molecular flexibility index (Phi) is 15.3. The van der Waals surface area contributed by atoms with Crippen molar-refractivity contribution in [2.45, 2.75) is 97.3 Å². The van der Waals surface area contributed by atoms with Crippen LogP contribution in [0, 0.1) is 5.92 Å². The Balaban J connectivity index is 3.08. The van der Waals surface area contributed by atoms with E-state index >= 15 is 0 Å². The van der Waals surface area contributed by atoms with Crippen LogP contribution in [0.5, 0.6) is 0 Å². The zero-order valence-electron chi connectivity index (χ0n) is 15.8. The van der Waals surface area contributed by atoms with Gasteiger partial charge in [0.05, 0.1) is 0 Å². The molecule has 0 aliphatic carbocycles. The molecule has 0 radical (unpaired) electrons. The van der Waals surface area contributed by atoms with E-state index in [-0.39, 0.29) is 6.42 Å². The molecule has 4 heteroatoms. The van der Waals surface area contributed by atoms with E-state index in [2.05, 4.69) is 19.2 Å². The highest BCUT2D eigenvalue weighted by atomic mass is 16.5. The van der Waals surface area contributed by atoms with E-state index < -0.39 is 5.91 Å². The highest BCUT2D eigenvalue weighted by molar-refractivity contribution is 4.58. The van der Waals surface area contributed by atoms with Crippen LogP contribution in [0.2, 0.25) is 0 Å². The van der Waals surface area contributed by atoms with Crippen LogP contribution in [0.15, 0.2) is 0 Å². The van der Waals surface area contributed by atoms with Gasteiger partial charge >= 0.3 is 0 Å². The minimum absolute atomic E-state index is 0.283. The van der Waals surface area contributed by atoms with Gasteiger partial charge in [-0.2, -0.15) is 0 Å². The van der Waals surface area contributed by atoms with E-state index in [0.717, 1.165) is 25.4 Å². The summed E-state index contributed by atoms with van der Waals surface area (Å²) in [5.74, 6) is -0.873. The van der Waals surface area contributed by atoms with Gasteiger partial charge in [0.1, 0.15) is 0 Å². The van der Waals surface area contributed by atoms with Gasteiger partial charge in [0.2, 0.25) is 5.91 Å². The highest BCUT2D eigenvalue weighted by Gasteiger charge is 2.17. The Hall–Kier alpha value is -0.160. The van der Waals surface area contributed by atoms with Crippen molar-refractivity contribution in [1.82, 2.24) is 5.32 Å². The van der Waals surface area contributed by atoms with Crippen LogP contribution in [-0.4, -0.2) is 35.9 Å². The van der Waals surface area contributed by atoms with Crippen LogP contribution in [0.4, 0.5) is 0 Å². The summed E-state index contributed by atoms with van der Waals surface area (Å²) in [4.78, 5) is 0. The van der Waals surface area contributed by atoms with Gasteiger partial charge in [0.15, 0.2) is 0 Å². The first kappa shape index (κ1) is 22.8. The molecule has 0 aromatic heterocycles. The fraction of sp³-hybridized carbons (Fsp3) is 1.00. The van der Waals surface area contributed by atoms with Gasteiger partial charge in [-0.15, -0.1) is 0 Å². The van der Waals surface area contributed by atoms with Crippen molar-refractivity contribution in [3.63, 3.8) is 0 Å². The molecular formula is C19H41NO3. The summed E-state index contributed by atoms with van der Waals surface area (Å²) in [6.45, 7) is 8.41. The second-order valence-electron chi connectivity index (χ2n) is 7.07. The molecular weight excluding hydrogens is 290 g/mol. The Labute approximate surface area is 144 Å². The Morgan fingerprint density at radius 2 is 1.35 bits per heavy atom. The van der Waals surface area contributed by atoms with Gasteiger partial charge in [0.25, 0.3) is 0 Å². The maximum absolute atomic E-state index is 9.34. The molecule has 0 unspecified atom stereocenters. The third-order valence-electron chi connectivity index (χ3n) is 4.19. The van der Waals surface area contributed by atoms with Crippen molar-refractivity contribution in [1.29, 1.82) is 0 Å². The molecule has 0 saturated carbocycles. The number of ether oxygens (including phenoxy) is 1. The van der Waals surface area contributed by atoms with Gasteiger partial charge in [-0.1, -0.05) is 72.1 Å². The normalized spacial score (nSPS) is 12.3. The summed E-state index contributed by atoms with van der Waals surface area (Å²) in [5.41, 5.74) is 0. The first-order valence-corrected chi connectivity index (χ1v) is 9.75. The Bertz CT molecular complexity index is 245. The van der Waals surface area contributed by atoms with E-state index in [1.807, 2.05) is 0 Å². The number of hydrogen-bond donors (Lipinski definition) is 3. The van der Waals surface area contributed by atoms with E-state index in [4.69, 9.17) is 4.74 Å². The SMILES string of the molecule is CCC(O)(O)NCCCOCCCCCCCCCCC(C)C. The third kappa shape index (κ3) is 18.0. The second-order valence-corrected chi connectivity index (χ2v) is 7.07. The van der Waals surface area contributed by atoms with Gasteiger partial charge in [-0.3, -0.25) is 5.32 Å².